The summed E-state index contributed by atoms with van der Waals surface area (Å²) in [6, 6.07) is 28.4. The molecule has 0 spiro atoms. The molecule has 2 heterocycles. The Balaban J connectivity index is 1.37. The van der Waals surface area contributed by atoms with Crippen LogP contribution >= 0.6 is 0 Å². The van der Waals surface area contributed by atoms with Gasteiger partial charge in [-0.1, -0.05) is 77.9 Å². The highest BCUT2D eigenvalue weighted by molar-refractivity contribution is 6.02. The molecule has 1 aliphatic rings. The van der Waals surface area contributed by atoms with E-state index in [9.17, 15) is 0 Å². The van der Waals surface area contributed by atoms with Crippen LogP contribution in [0.25, 0.3) is 0 Å². The molecule has 29 heavy (non-hydrogen) atoms. The average Bonchev–Trinajstić information content (AvgIpc) is 3.28. The third-order valence-corrected chi connectivity index (χ3v) is 5.01. The Morgan fingerprint density at radius 2 is 1.59 bits per heavy atom. The Morgan fingerprint density at radius 1 is 0.862 bits per heavy atom. The summed E-state index contributed by atoms with van der Waals surface area (Å²) in [6.45, 7) is 0.547. The molecule has 1 aromatic heterocycles. The fourth-order valence-electron chi connectivity index (χ4n) is 3.50. The van der Waals surface area contributed by atoms with Gasteiger partial charge in [-0.3, -0.25) is 0 Å². The van der Waals surface area contributed by atoms with Gasteiger partial charge in [-0.25, -0.2) is 9.67 Å². The lowest BCUT2D eigenvalue weighted by Crippen LogP contribution is -2.21. The molecule has 0 aliphatic carbocycles. The van der Waals surface area contributed by atoms with Crippen molar-refractivity contribution in [3.8, 4) is 5.75 Å². The number of aromatic nitrogens is 4. The lowest BCUT2D eigenvalue weighted by Gasteiger charge is -2.23. The predicted octanol–water partition coefficient (Wildman–Crippen LogP) is 4.37. The molecule has 0 N–H and O–H groups in total. The van der Waals surface area contributed by atoms with Gasteiger partial charge in [0, 0.05) is 6.42 Å². The summed E-state index contributed by atoms with van der Waals surface area (Å²) >= 11 is 0. The first-order valence-electron chi connectivity index (χ1n) is 9.54. The quantitative estimate of drug-likeness (QED) is 0.515. The third-order valence-electron chi connectivity index (χ3n) is 5.01. The van der Waals surface area contributed by atoms with Crippen molar-refractivity contribution in [1.29, 1.82) is 0 Å². The van der Waals surface area contributed by atoms with Crippen molar-refractivity contribution in [2.24, 2.45) is 4.99 Å². The van der Waals surface area contributed by atoms with Gasteiger partial charge >= 0.3 is 0 Å². The van der Waals surface area contributed by atoms with Gasteiger partial charge in [0.1, 0.15) is 12.4 Å². The van der Waals surface area contributed by atoms with Crippen molar-refractivity contribution in [3.63, 3.8) is 0 Å². The highest BCUT2D eigenvalue weighted by Gasteiger charge is 2.26. The summed E-state index contributed by atoms with van der Waals surface area (Å²) < 4.78 is 7.69. The number of ether oxygens (including phenoxy) is 1. The van der Waals surface area contributed by atoms with Crippen molar-refractivity contribution >= 4 is 11.7 Å². The van der Waals surface area contributed by atoms with E-state index in [0.29, 0.717) is 12.6 Å². The van der Waals surface area contributed by atoms with Gasteiger partial charge in [0.25, 0.3) is 5.95 Å². The first-order valence-corrected chi connectivity index (χ1v) is 9.54. The topological polar surface area (TPSA) is 65.2 Å². The first-order chi connectivity index (χ1) is 14.4. The third kappa shape index (κ3) is 3.65. The van der Waals surface area contributed by atoms with E-state index in [0.717, 1.165) is 34.6 Å². The van der Waals surface area contributed by atoms with Crippen molar-refractivity contribution in [2.45, 2.75) is 19.1 Å². The molecule has 1 unspecified atom stereocenters. The van der Waals surface area contributed by atoms with Crippen molar-refractivity contribution in [2.75, 3.05) is 0 Å². The van der Waals surface area contributed by atoms with Crippen LogP contribution in [0.1, 0.15) is 29.2 Å². The lowest BCUT2D eigenvalue weighted by molar-refractivity contribution is 0.306. The molecule has 3 aromatic carbocycles. The number of fused-ring (bicyclic) bond motifs is 1. The first kappa shape index (κ1) is 17.3. The largest absolute Gasteiger partial charge is 0.489 e. The van der Waals surface area contributed by atoms with Gasteiger partial charge in [-0.2, -0.15) is 0 Å². The fourth-order valence-corrected chi connectivity index (χ4v) is 3.50. The van der Waals surface area contributed by atoms with Gasteiger partial charge in [0.2, 0.25) is 0 Å². The maximum absolute atomic E-state index is 5.91. The molecular weight excluding hydrogens is 362 g/mol. The van der Waals surface area contributed by atoms with E-state index in [1.807, 2.05) is 48.5 Å². The minimum atomic E-state index is -0.00382. The molecule has 0 bridgehead atoms. The molecule has 6 heteroatoms. The highest BCUT2D eigenvalue weighted by Crippen LogP contribution is 2.32. The Morgan fingerprint density at radius 3 is 2.34 bits per heavy atom. The number of tetrazole rings is 1. The van der Waals surface area contributed by atoms with Crippen LogP contribution in [-0.2, 0) is 6.61 Å². The number of hydrogen-bond acceptors (Lipinski definition) is 5. The second-order valence-electron chi connectivity index (χ2n) is 6.91. The van der Waals surface area contributed by atoms with Gasteiger partial charge < -0.3 is 4.74 Å². The average molecular weight is 381 g/mol. The van der Waals surface area contributed by atoms with Gasteiger partial charge in [-0.15, -0.1) is 0 Å². The van der Waals surface area contributed by atoms with E-state index < -0.39 is 0 Å². The molecule has 5 rings (SSSR count). The van der Waals surface area contributed by atoms with Gasteiger partial charge in [0.05, 0.1) is 11.8 Å². The predicted molar refractivity (Wildman–Crippen MR) is 110 cm³/mol. The summed E-state index contributed by atoms with van der Waals surface area (Å²) in [6.07, 6.45) is 0.728. The molecule has 0 saturated heterocycles. The van der Waals surface area contributed by atoms with E-state index >= 15 is 0 Å². The van der Waals surface area contributed by atoms with Gasteiger partial charge in [0.15, 0.2) is 0 Å². The maximum atomic E-state index is 5.91. The molecule has 0 fully saturated rings. The zero-order valence-electron chi connectivity index (χ0n) is 15.7. The smallest absolute Gasteiger partial charge is 0.269 e. The van der Waals surface area contributed by atoms with Crippen LogP contribution in [-0.4, -0.2) is 25.9 Å². The van der Waals surface area contributed by atoms with Crippen molar-refractivity contribution in [3.05, 3.63) is 102 Å². The van der Waals surface area contributed by atoms with E-state index in [1.165, 1.54) is 0 Å². The maximum Gasteiger partial charge on any atom is 0.269 e. The Bertz CT molecular complexity index is 1120. The molecule has 1 aliphatic heterocycles. The monoisotopic (exact) mass is 381 g/mol. The van der Waals surface area contributed by atoms with Crippen LogP contribution in [0, 0.1) is 0 Å². The Kier molecular flexibility index (Phi) is 4.58. The fraction of sp³-hybridized carbons (Fsp3) is 0.130. The second-order valence-corrected chi connectivity index (χ2v) is 6.91. The number of benzene rings is 3. The lowest BCUT2D eigenvalue weighted by atomic mass is 9.96. The molecule has 142 valence electrons. The van der Waals surface area contributed by atoms with Crippen LogP contribution < -0.4 is 4.74 Å². The standard InChI is InChI=1S/C23H19N5O/c1-3-7-17(8-4-1)16-29-20-13-11-19(12-14-20)22-15-21(18-9-5-2-6-10-18)24-23-25-26-27-28(22)23/h1-14,22H,15-16H2. The van der Waals surface area contributed by atoms with E-state index in [4.69, 9.17) is 4.74 Å². The highest BCUT2D eigenvalue weighted by atomic mass is 16.5. The molecule has 0 saturated carbocycles. The van der Waals surface area contributed by atoms with E-state index in [-0.39, 0.29) is 6.04 Å². The van der Waals surface area contributed by atoms with Crippen LogP contribution in [0.3, 0.4) is 0 Å². The molecule has 0 radical (unpaired) electrons. The van der Waals surface area contributed by atoms with Crippen LogP contribution in [0.5, 0.6) is 5.75 Å². The summed E-state index contributed by atoms with van der Waals surface area (Å²) in [5, 5.41) is 12.1. The van der Waals surface area contributed by atoms with Crippen LogP contribution in [0.15, 0.2) is 89.9 Å². The number of aliphatic imine (C=N–C) groups is 1. The normalized spacial score (nSPS) is 15.4. The van der Waals surface area contributed by atoms with Gasteiger partial charge in [-0.05, 0) is 39.2 Å². The molecule has 6 nitrogen and oxygen atoms in total. The zero-order valence-corrected chi connectivity index (χ0v) is 15.7. The molecule has 4 aromatic rings. The SMILES string of the molecule is c1ccc(COc2ccc(C3CC(c4ccccc4)=Nc4nnnn43)cc2)cc1. The minimum absolute atomic E-state index is 0.00382. The molecular formula is C23H19N5O. The summed E-state index contributed by atoms with van der Waals surface area (Å²) in [5.74, 6) is 1.37. The van der Waals surface area contributed by atoms with Crippen LogP contribution in [0.2, 0.25) is 0 Å². The minimum Gasteiger partial charge on any atom is -0.489 e. The van der Waals surface area contributed by atoms with Crippen LogP contribution in [0.4, 0.5) is 5.95 Å². The van der Waals surface area contributed by atoms with E-state index in [1.54, 1.807) is 4.68 Å². The Hall–Kier alpha value is -3.80. The van der Waals surface area contributed by atoms with Crippen molar-refractivity contribution < 1.29 is 4.74 Å². The zero-order chi connectivity index (χ0) is 19.5. The summed E-state index contributed by atoms with van der Waals surface area (Å²) in [5.41, 5.74) is 4.34. The van der Waals surface area contributed by atoms with E-state index in [2.05, 4.69) is 56.9 Å². The number of hydrogen-bond donors (Lipinski definition) is 0. The van der Waals surface area contributed by atoms with Crippen molar-refractivity contribution in [1.82, 2.24) is 20.2 Å². The molecule has 0 amide bonds. The molecule has 1 atom stereocenters. The number of nitrogens with zero attached hydrogens (tertiary/aromatic N) is 5. The summed E-state index contributed by atoms with van der Waals surface area (Å²) in [4.78, 5) is 4.65. The number of rotatable bonds is 5. The summed E-state index contributed by atoms with van der Waals surface area (Å²) in [7, 11) is 0. The second kappa shape index (κ2) is 7.67. The Labute approximate surface area is 168 Å².